The molecule has 0 heterocycles. The lowest BCUT2D eigenvalue weighted by Gasteiger charge is -2.23. The summed E-state index contributed by atoms with van der Waals surface area (Å²) in [5.41, 5.74) is 4.38. The Balaban J connectivity index is 3.26. The number of rotatable bonds is 4. The fourth-order valence-corrected chi connectivity index (χ4v) is 3.08. The Bertz CT molecular complexity index is 556. The van der Waals surface area contributed by atoms with Crippen LogP contribution in [-0.2, 0) is 10.0 Å². The molecule has 0 unspecified atom stereocenters. The van der Waals surface area contributed by atoms with Gasteiger partial charge in [0.15, 0.2) is 0 Å². The first-order chi connectivity index (χ1) is 8.09. The number of halogens is 1. The highest BCUT2D eigenvalue weighted by atomic mass is 32.2. The zero-order valence-electron chi connectivity index (χ0n) is 10.5. The van der Waals surface area contributed by atoms with Crippen LogP contribution in [0.5, 0.6) is 0 Å². The van der Waals surface area contributed by atoms with Gasteiger partial charge in [-0.05, 0) is 38.5 Å². The monoisotopic (exact) mass is 276 g/mol. The topological polar surface area (TPSA) is 92.4 Å². The average molecular weight is 276 g/mol. The molecule has 0 aliphatic rings. The van der Waals surface area contributed by atoms with Gasteiger partial charge < -0.3 is 10.8 Å². The van der Waals surface area contributed by atoms with Gasteiger partial charge in [0.05, 0.1) is 22.7 Å². The number of benzene rings is 1. The third-order valence-electron chi connectivity index (χ3n) is 2.39. The minimum Gasteiger partial charge on any atom is -0.396 e. The van der Waals surface area contributed by atoms with E-state index >= 15 is 0 Å². The van der Waals surface area contributed by atoms with E-state index in [1.54, 1.807) is 0 Å². The number of hydrogen-bond acceptors (Lipinski definition) is 4. The summed E-state index contributed by atoms with van der Waals surface area (Å²) in [4.78, 5) is -0.0945. The summed E-state index contributed by atoms with van der Waals surface area (Å²) in [6, 6.07) is 2.14. The molecule has 7 heteroatoms. The quantitative estimate of drug-likeness (QED) is 0.708. The maximum Gasteiger partial charge on any atom is 0.241 e. The van der Waals surface area contributed by atoms with Crippen molar-refractivity contribution in [2.75, 3.05) is 12.3 Å². The summed E-state index contributed by atoms with van der Waals surface area (Å²) in [6.45, 7) is 4.19. The molecule has 5 nitrogen and oxygen atoms in total. The Hall–Kier alpha value is -1.18. The number of nitrogens with two attached hydrogens (primary N) is 1. The summed E-state index contributed by atoms with van der Waals surface area (Å²) in [7, 11) is -3.86. The predicted octanol–water partition coefficient (Wildman–Crippen LogP) is 0.766. The standard InChI is InChI=1S/C11H17FN2O3S/c1-7-4-8(12)9(13)5-10(7)18(16,17)14-11(2,3)6-15/h4-5,14-15H,6,13H2,1-3H3. The van der Waals surface area contributed by atoms with Crippen molar-refractivity contribution in [3.8, 4) is 0 Å². The van der Waals surface area contributed by atoms with E-state index in [-0.39, 0.29) is 22.8 Å². The molecule has 0 saturated carbocycles. The van der Waals surface area contributed by atoms with E-state index in [1.807, 2.05) is 0 Å². The van der Waals surface area contributed by atoms with Gasteiger partial charge in [0.1, 0.15) is 5.82 Å². The molecule has 1 rings (SSSR count). The van der Waals surface area contributed by atoms with Crippen LogP contribution < -0.4 is 10.5 Å². The van der Waals surface area contributed by atoms with Gasteiger partial charge in [-0.25, -0.2) is 17.5 Å². The minimum absolute atomic E-state index is 0.0945. The molecular formula is C11H17FN2O3S. The van der Waals surface area contributed by atoms with Crippen LogP contribution in [0, 0.1) is 12.7 Å². The van der Waals surface area contributed by atoms with Crippen molar-refractivity contribution in [2.24, 2.45) is 0 Å². The van der Waals surface area contributed by atoms with E-state index in [9.17, 15) is 12.8 Å². The van der Waals surface area contributed by atoms with Crippen molar-refractivity contribution in [2.45, 2.75) is 31.2 Å². The molecule has 0 aromatic heterocycles. The molecule has 102 valence electrons. The van der Waals surface area contributed by atoms with Crippen LogP contribution in [0.1, 0.15) is 19.4 Å². The molecular weight excluding hydrogens is 259 g/mol. The average Bonchev–Trinajstić information content (AvgIpc) is 2.21. The number of aliphatic hydroxyl groups is 1. The number of sulfonamides is 1. The van der Waals surface area contributed by atoms with Gasteiger partial charge in [-0.2, -0.15) is 0 Å². The molecule has 0 spiro atoms. The van der Waals surface area contributed by atoms with Crippen LogP contribution >= 0.6 is 0 Å². The summed E-state index contributed by atoms with van der Waals surface area (Å²) in [5.74, 6) is -0.659. The number of aliphatic hydroxyl groups excluding tert-OH is 1. The Morgan fingerprint density at radius 1 is 1.44 bits per heavy atom. The molecule has 18 heavy (non-hydrogen) atoms. The third kappa shape index (κ3) is 3.18. The van der Waals surface area contributed by atoms with Crippen molar-refractivity contribution >= 4 is 15.7 Å². The number of hydrogen-bond donors (Lipinski definition) is 3. The van der Waals surface area contributed by atoms with E-state index in [1.165, 1.54) is 20.8 Å². The molecule has 0 atom stereocenters. The Kier molecular flexibility index (Phi) is 3.99. The fourth-order valence-electron chi connectivity index (χ4n) is 1.41. The summed E-state index contributed by atoms with van der Waals surface area (Å²) in [6.07, 6.45) is 0. The second kappa shape index (κ2) is 4.83. The van der Waals surface area contributed by atoms with Gasteiger partial charge in [0.25, 0.3) is 0 Å². The molecule has 0 radical (unpaired) electrons. The van der Waals surface area contributed by atoms with Gasteiger partial charge >= 0.3 is 0 Å². The fraction of sp³-hybridized carbons (Fsp3) is 0.455. The highest BCUT2D eigenvalue weighted by Crippen LogP contribution is 2.22. The zero-order valence-corrected chi connectivity index (χ0v) is 11.3. The lowest BCUT2D eigenvalue weighted by atomic mass is 10.1. The lowest BCUT2D eigenvalue weighted by Crippen LogP contribution is -2.46. The summed E-state index contributed by atoms with van der Waals surface area (Å²) >= 11 is 0. The number of anilines is 1. The van der Waals surface area contributed by atoms with Gasteiger partial charge in [-0.1, -0.05) is 0 Å². The van der Waals surface area contributed by atoms with Crippen molar-refractivity contribution in [1.29, 1.82) is 0 Å². The Morgan fingerprint density at radius 3 is 2.50 bits per heavy atom. The Labute approximate surface area is 106 Å². The normalized spacial score (nSPS) is 12.7. The van der Waals surface area contributed by atoms with Gasteiger partial charge in [0, 0.05) is 0 Å². The first-order valence-electron chi connectivity index (χ1n) is 5.29. The van der Waals surface area contributed by atoms with Crippen LogP contribution in [0.4, 0.5) is 10.1 Å². The van der Waals surface area contributed by atoms with Crippen LogP contribution in [0.15, 0.2) is 17.0 Å². The largest absolute Gasteiger partial charge is 0.396 e. The molecule has 1 aromatic carbocycles. The molecule has 4 N–H and O–H groups in total. The van der Waals surface area contributed by atoms with Crippen LogP contribution in [0.3, 0.4) is 0 Å². The Morgan fingerprint density at radius 2 is 2.00 bits per heavy atom. The first-order valence-corrected chi connectivity index (χ1v) is 6.78. The van der Waals surface area contributed by atoms with Crippen LogP contribution in [-0.4, -0.2) is 25.7 Å². The summed E-state index contributed by atoms with van der Waals surface area (Å²) < 4.78 is 39.7. The highest BCUT2D eigenvalue weighted by Gasteiger charge is 2.27. The maximum atomic E-state index is 13.2. The molecule has 0 saturated heterocycles. The second-order valence-electron chi connectivity index (χ2n) is 4.79. The lowest BCUT2D eigenvalue weighted by molar-refractivity contribution is 0.208. The first kappa shape index (κ1) is 14.9. The molecule has 0 aliphatic carbocycles. The zero-order chi connectivity index (χ0) is 14.1. The number of nitrogen functional groups attached to an aromatic ring is 1. The van der Waals surface area contributed by atoms with E-state index in [0.717, 1.165) is 12.1 Å². The smallest absolute Gasteiger partial charge is 0.241 e. The maximum absolute atomic E-state index is 13.2. The van der Waals surface area contributed by atoms with Crippen molar-refractivity contribution in [3.05, 3.63) is 23.5 Å². The number of aryl methyl sites for hydroxylation is 1. The summed E-state index contributed by atoms with van der Waals surface area (Å²) in [5, 5.41) is 9.06. The van der Waals surface area contributed by atoms with E-state index in [2.05, 4.69) is 4.72 Å². The van der Waals surface area contributed by atoms with Crippen molar-refractivity contribution in [3.63, 3.8) is 0 Å². The van der Waals surface area contributed by atoms with Crippen LogP contribution in [0.2, 0.25) is 0 Å². The van der Waals surface area contributed by atoms with Crippen molar-refractivity contribution < 1.29 is 17.9 Å². The molecule has 0 fully saturated rings. The minimum atomic E-state index is -3.86. The molecule has 0 amide bonds. The second-order valence-corrected chi connectivity index (χ2v) is 6.44. The van der Waals surface area contributed by atoms with Crippen molar-refractivity contribution in [1.82, 2.24) is 4.72 Å². The van der Waals surface area contributed by atoms with E-state index < -0.39 is 21.4 Å². The third-order valence-corrected chi connectivity index (χ3v) is 4.23. The molecule has 0 bridgehead atoms. The highest BCUT2D eigenvalue weighted by molar-refractivity contribution is 7.89. The van der Waals surface area contributed by atoms with Crippen LogP contribution in [0.25, 0.3) is 0 Å². The number of nitrogens with one attached hydrogen (secondary N) is 1. The predicted molar refractivity (Wildman–Crippen MR) is 67.0 cm³/mol. The van der Waals surface area contributed by atoms with E-state index in [4.69, 9.17) is 10.8 Å². The van der Waals surface area contributed by atoms with E-state index in [0.29, 0.717) is 0 Å². The van der Waals surface area contributed by atoms with Gasteiger partial charge in [-0.3, -0.25) is 0 Å². The SMILES string of the molecule is Cc1cc(F)c(N)cc1S(=O)(=O)NC(C)(C)CO. The van der Waals surface area contributed by atoms with Gasteiger partial charge in [0.2, 0.25) is 10.0 Å². The van der Waals surface area contributed by atoms with Gasteiger partial charge in [-0.15, -0.1) is 0 Å². The molecule has 1 aromatic rings. The molecule has 0 aliphatic heterocycles.